The molecule has 12 heavy (non-hydrogen) atoms. The summed E-state index contributed by atoms with van der Waals surface area (Å²) in [4.78, 5) is 4.59. The fourth-order valence-electron chi connectivity index (χ4n) is 0.749. The minimum Gasteiger partial charge on any atom is -1.00 e. The van der Waals surface area contributed by atoms with Gasteiger partial charge in [-0.2, -0.15) is 0 Å². The molecule has 0 bridgehead atoms. The van der Waals surface area contributed by atoms with Gasteiger partial charge in [-0.15, -0.1) is 0 Å². The average Bonchev–Trinajstić information content (AvgIpc) is 1.95. The smallest absolute Gasteiger partial charge is 0.132 e. The lowest BCUT2D eigenvalue weighted by Gasteiger charge is -1.99. The minimum absolute atomic E-state index is 0. The van der Waals surface area contributed by atoms with Gasteiger partial charge in [0, 0.05) is 10.6 Å². The van der Waals surface area contributed by atoms with Gasteiger partial charge in [0.25, 0.3) is 0 Å². The fourth-order valence-corrected chi connectivity index (χ4v) is 0.970. The van der Waals surface area contributed by atoms with Crippen molar-refractivity contribution in [2.45, 2.75) is 6.61 Å². The monoisotopic (exact) mass is 211 g/mol. The molecule has 0 atom stereocenters. The van der Waals surface area contributed by atoms with Crippen molar-refractivity contribution in [2.24, 2.45) is 0 Å². The van der Waals surface area contributed by atoms with E-state index in [4.69, 9.17) is 11.6 Å². The van der Waals surface area contributed by atoms with E-state index in [9.17, 15) is 4.39 Å². The first-order valence-electron chi connectivity index (χ1n) is 3.05. The first kappa shape index (κ1) is 11.6. The summed E-state index contributed by atoms with van der Waals surface area (Å²) < 4.78 is 12.4. The Labute approximate surface area is 80.8 Å². The van der Waals surface area contributed by atoms with Crippen LogP contribution in [0.3, 0.4) is 0 Å². The van der Waals surface area contributed by atoms with Crippen LogP contribution in [0.5, 0.6) is 0 Å². The second-order valence-electron chi connectivity index (χ2n) is 2.08. The van der Waals surface area contributed by atoms with Crippen molar-refractivity contribution in [3.8, 4) is 0 Å². The van der Waals surface area contributed by atoms with Crippen molar-refractivity contribution in [1.82, 2.24) is 0 Å². The number of quaternary nitrogens is 1. The van der Waals surface area contributed by atoms with Crippen molar-refractivity contribution in [1.29, 1.82) is 0 Å². The van der Waals surface area contributed by atoms with Crippen molar-refractivity contribution in [2.75, 3.05) is 0 Å². The van der Waals surface area contributed by atoms with Crippen LogP contribution in [0.25, 0.3) is 0 Å². The van der Waals surface area contributed by atoms with Gasteiger partial charge in [-0.25, -0.2) is 15.1 Å². The van der Waals surface area contributed by atoms with Crippen LogP contribution in [-0.2, 0) is 11.4 Å². The second kappa shape index (κ2) is 5.32. The maximum atomic E-state index is 12.4. The molecule has 0 heterocycles. The molecule has 0 aliphatic rings. The number of hydrogen-bond donors (Lipinski definition) is 1. The Bertz CT molecular complexity index is 257. The van der Waals surface area contributed by atoms with E-state index in [-0.39, 0.29) is 18.2 Å². The Morgan fingerprint density at radius 3 is 2.67 bits per heavy atom. The molecule has 5 heteroatoms. The van der Waals surface area contributed by atoms with E-state index in [2.05, 4.69) is 10.7 Å². The van der Waals surface area contributed by atoms with Crippen LogP contribution < -0.4 is 18.3 Å². The quantitative estimate of drug-likeness (QED) is 0.574. The summed E-state index contributed by atoms with van der Waals surface area (Å²) in [5, 5.41) is 0.369. The predicted octanol–water partition coefficient (Wildman–Crippen LogP) is -1.84. The number of hydrogen-bond acceptors (Lipinski definition) is 1. The van der Waals surface area contributed by atoms with Gasteiger partial charge < -0.3 is 12.4 Å². The highest BCUT2D eigenvalue weighted by molar-refractivity contribution is 6.31. The molecule has 0 radical (unpaired) electrons. The lowest BCUT2D eigenvalue weighted by atomic mass is 10.2. The molecule has 3 N–H and O–H groups in total. The summed E-state index contributed by atoms with van der Waals surface area (Å²) in [7, 11) is 0. The Morgan fingerprint density at radius 2 is 2.17 bits per heavy atom. The molecule has 0 aliphatic carbocycles. The van der Waals surface area contributed by atoms with Gasteiger partial charge in [-0.05, 0) is 12.1 Å². The molecule has 1 aromatic carbocycles. The van der Waals surface area contributed by atoms with E-state index >= 15 is 0 Å². The molecule has 0 saturated carbocycles. The highest BCUT2D eigenvalue weighted by Crippen LogP contribution is 2.16. The lowest BCUT2D eigenvalue weighted by molar-refractivity contribution is -0.695. The third kappa shape index (κ3) is 2.95. The largest absolute Gasteiger partial charge is 1.00 e. The first-order chi connectivity index (χ1) is 5.24. The second-order valence-corrected chi connectivity index (χ2v) is 2.49. The van der Waals surface area contributed by atoms with E-state index < -0.39 is 0 Å². The fraction of sp³-hybridized carbons (Fsp3) is 0.143. The van der Waals surface area contributed by atoms with Crippen molar-refractivity contribution >= 4 is 11.6 Å². The summed E-state index contributed by atoms with van der Waals surface area (Å²) in [5.41, 5.74) is 0.739. The maximum absolute atomic E-state index is 12.4. The van der Waals surface area contributed by atoms with Gasteiger partial charge in [0.2, 0.25) is 0 Å². The molecule has 2 nitrogen and oxygen atoms in total. The zero-order chi connectivity index (χ0) is 8.27. The Hall–Kier alpha value is -0.350. The Morgan fingerprint density at radius 1 is 1.50 bits per heavy atom. The molecule has 0 spiro atoms. The third-order valence-electron chi connectivity index (χ3n) is 1.27. The van der Waals surface area contributed by atoms with Gasteiger partial charge in [0.1, 0.15) is 12.4 Å². The summed E-state index contributed by atoms with van der Waals surface area (Å²) >= 11 is 5.66. The van der Waals surface area contributed by atoms with Gasteiger partial charge in [0.15, 0.2) is 0 Å². The average molecular weight is 212 g/mol. The molecule has 0 amide bonds. The van der Waals surface area contributed by atoms with E-state index in [1.54, 1.807) is 6.07 Å². The van der Waals surface area contributed by atoms with E-state index in [0.717, 1.165) is 5.56 Å². The molecule has 0 unspecified atom stereocenters. The van der Waals surface area contributed by atoms with Gasteiger partial charge >= 0.3 is 0 Å². The highest BCUT2D eigenvalue weighted by atomic mass is 35.5. The molecular weight excluding hydrogens is 204 g/mol. The lowest BCUT2D eigenvalue weighted by Crippen LogP contribution is -3.00. The van der Waals surface area contributed by atoms with Crippen LogP contribution in [0.15, 0.2) is 18.2 Å². The van der Waals surface area contributed by atoms with Crippen LogP contribution in [0.2, 0.25) is 5.02 Å². The minimum atomic E-state index is -0.345. The molecule has 0 aromatic heterocycles. The van der Waals surface area contributed by atoms with Crippen LogP contribution in [0, 0.1) is 5.82 Å². The molecule has 1 aromatic rings. The van der Waals surface area contributed by atoms with Crippen LogP contribution in [0.4, 0.5) is 4.39 Å². The van der Waals surface area contributed by atoms with Crippen molar-refractivity contribution < 1.29 is 27.5 Å². The number of benzene rings is 1. The van der Waals surface area contributed by atoms with Crippen LogP contribution >= 0.6 is 11.6 Å². The third-order valence-corrected chi connectivity index (χ3v) is 1.62. The summed E-state index contributed by atoms with van der Waals surface area (Å²) in [5.74, 6) is 2.85. The SMILES string of the molecule is [Cl-].[NH3+]OCc1ccc(F)cc1Cl. The number of halogens is 3. The van der Waals surface area contributed by atoms with Gasteiger partial charge in [-0.1, -0.05) is 17.7 Å². The van der Waals surface area contributed by atoms with Crippen LogP contribution in [-0.4, -0.2) is 0 Å². The summed E-state index contributed by atoms with van der Waals surface area (Å²) in [6.07, 6.45) is 0. The predicted molar refractivity (Wildman–Crippen MR) is 39.1 cm³/mol. The molecule has 68 valence electrons. The Balaban J connectivity index is 0.00000121. The molecule has 0 fully saturated rings. The summed E-state index contributed by atoms with van der Waals surface area (Å²) in [6, 6.07) is 4.15. The maximum Gasteiger partial charge on any atom is 0.132 e. The normalized spacial score (nSPS) is 9.25. The number of rotatable bonds is 2. The molecule has 0 aliphatic heterocycles. The standard InChI is InChI=1S/C7H8ClFNO.ClH/c8-7-3-6(9)2-1-5(7)4-11-10;/h1-3H,4H2,10H3;1H/q+1;/p-1. The van der Waals surface area contributed by atoms with Gasteiger partial charge in [-0.3, -0.25) is 0 Å². The zero-order valence-corrected chi connectivity index (χ0v) is 7.70. The molecule has 0 saturated heterocycles. The summed E-state index contributed by atoms with van der Waals surface area (Å²) in [6.45, 7) is 0.305. The van der Waals surface area contributed by atoms with E-state index in [0.29, 0.717) is 11.6 Å². The first-order valence-corrected chi connectivity index (χ1v) is 3.42. The van der Waals surface area contributed by atoms with Crippen LogP contribution in [0.1, 0.15) is 5.56 Å². The zero-order valence-electron chi connectivity index (χ0n) is 6.19. The Kier molecular flexibility index (Phi) is 5.17. The highest BCUT2D eigenvalue weighted by Gasteiger charge is 2.01. The van der Waals surface area contributed by atoms with Crippen molar-refractivity contribution in [3.63, 3.8) is 0 Å². The van der Waals surface area contributed by atoms with E-state index in [1.165, 1.54) is 12.1 Å². The topological polar surface area (TPSA) is 36.9 Å². The van der Waals surface area contributed by atoms with E-state index in [1.807, 2.05) is 0 Å². The molecule has 1 rings (SSSR count). The van der Waals surface area contributed by atoms with Gasteiger partial charge in [0.05, 0.1) is 0 Å². The molecular formula is C7H8Cl2FNO. The van der Waals surface area contributed by atoms with Crippen molar-refractivity contribution in [3.05, 3.63) is 34.6 Å².